The highest BCUT2D eigenvalue weighted by atomic mass is 16.5. The molecule has 0 radical (unpaired) electrons. The number of ether oxygens (including phenoxy) is 1. The Morgan fingerprint density at radius 3 is 2.50 bits per heavy atom. The Labute approximate surface area is 106 Å². The van der Waals surface area contributed by atoms with Crippen LogP contribution in [-0.4, -0.2) is 13.2 Å². The molecule has 2 rings (SSSR count). The summed E-state index contributed by atoms with van der Waals surface area (Å²) >= 11 is 0. The second-order valence-electron chi connectivity index (χ2n) is 3.86. The Hall–Kier alpha value is -2.31. The van der Waals surface area contributed by atoms with Gasteiger partial charge >= 0.3 is 0 Å². The number of benzene rings is 2. The van der Waals surface area contributed by atoms with Gasteiger partial charge in [0.05, 0.1) is 11.6 Å². The highest BCUT2D eigenvalue weighted by Gasteiger charge is 2.01. The zero-order valence-corrected chi connectivity index (χ0v) is 9.97. The molecule has 0 spiro atoms. The van der Waals surface area contributed by atoms with Crippen molar-refractivity contribution in [1.82, 2.24) is 0 Å². The Morgan fingerprint density at radius 1 is 1.06 bits per heavy atom. The van der Waals surface area contributed by atoms with Gasteiger partial charge in [-0.3, -0.25) is 0 Å². The fourth-order valence-corrected chi connectivity index (χ4v) is 1.71. The Kier molecular flexibility index (Phi) is 3.95. The second-order valence-corrected chi connectivity index (χ2v) is 3.86. The molecule has 0 saturated carbocycles. The smallest absolute Gasteiger partial charge is 0.119 e. The van der Waals surface area contributed by atoms with Gasteiger partial charge in [0.25, 0.3) is 0 Å². The predicted octanol–water partition coefficient (Wildman–Crippen LogP) is 2.56. The maximum atomic E-state index is 8.89. The van der Waals surface area contributed by atoms with E-state index in [9.17, 15) is 0 Å². The summed E-state index contributed by atoms with van der Waals surface area (Å²) < 4.78 is 5.48. The second kappa shape index (κ2) is 5.85. The molecule has 0 aliphatic heterocycles. The first-order chi connectivity index (χ1) is 8.83. The lowest BCUT2D eigenvalue weighted by Gasteiger charge is -2.07. The quantitative estimate of drug-likeness (QED) is 0.890. The van der Waals surface area contributed by atoms with E-state index in [0.29, 0.717) is 18.7 Å². The predicted molar refractivity (Wildman–Crippen MR) is 71.1 cm³/mol. The van der Waals surface area contributed by atoms with Crippen LogP contribution < -0.4 is 10.5 Å². The standard InChI is InChI=1S/C15H14N2O/c16-7-8-18-15-6-2-5-14(10-15)13-4-1-3-12(9-13)11-17/h1-6,9-10H,7-8,16H2. The highest BCUT2D eigenvalue weighted by Crippen LogP contribution is 2.24. The van der Waals surface area contributed by atoms with Crippen LogP contribution in [-0.2, 0) is 0 Å². The molecule has 2 aromatic carbocycles. The molecule has 2 aromatic rings. The van der Waals surface area contributed by atoms with E-state index in [2.05, 4.69) is 6.07 Å². The summed E-state index contributed by atoms with van der Waals surface area (Å²) in [7, 11) is 0. The summed E-state index contributed by atoms with van der Waals surface area (Å²) in [4.78, 5) is 0. The van der Waals surface area contributed by atoms with E-state index in [4.69, 9.17) is 15.7 Å². The third kappa shape index (κ3) is 2.88. The molecule has 0 fully saturated rings. The van der Waals surface area contributed by atoms with Gasteiger partial charge in [-0.1, -0.05) is 24.3 Å². The zero-order chi connectivity index (χ0) is 12.8. The Bertz CT molecular complexity index is 573. The van der Waals surface area contributed by atoms with E-state index < -0.39 is 0 Å². The zero-order valence-electron chi connectivity index (χ0n) is 9.97. The van der Waals surface area contributed by atoms with Crippen LogP contribution in [0.3, 0.4) is 0 Å². The van der Waals surface area contributed by atoms with Gasteiger partial charge in [-0.05, 0) is 35.4 Å². The number of hydrogen-bond acceptors (Lipinski definition) is 3. The summed E-state index contributed by atoms with van der Waals surface area (Å²) in [6.45, 7) is 0.996. The summed E-state index contributed by atoms with van der Waals surface area (Å²) in [5.74, 6) is 0.792. The van der Waals surface area contributed by atoms with Crippen molar-refractivity contribution in [3.05, 3.63) is 54.1 Å². The van der Waals surface area contributed by atoms with Gasteiger partial charge in [-0.15, -0.1) is 0 Å². The largest absolute Gasteiger partial charge is 0.492 e. The molecule has 0 saturated heterocycles. The first kappa shape index (κ1) is 12.2. The summed E-state index contributed by atoms with van der Waals surface area (Å²) in [6, 6.07) is 17.4. The molecule has 0 amide bonds. The summed E-state index contributed by atoms with van der Waals surface area (Å²) in [6.07, 6.45) is 0. The average molecular weight is 238 g/mol. The van der Waals surface area contributed by atoms with Crippen LogP contribution >= 0.6 is 0 Å². The number of nitrogens with two attached hydrogens (primary N) is 1. The lowest BCUT2D eigenvalue weighted by atomic mass is 10.0. The molecule has 2 N–H and O–H groups in total. The van der Waals surface area contributed by atoms with Crippen molar-refractivity contribution in [2.75, 3.05) is 13.2 Å². The lowest BCUT2D eigenvalue weighted by Crippen LogP contribution is -2.10. The van der Waals surface area contributed by atoms with Gasteiger partial charge in [-0.25, -0.2) is 0 Å². The minimum atomic E-state index is 0.494. The molecule has 0 bridgehead atoms. The third-order valence-electron chi connectivity index (χ3n) is 2.55. The molecule has 0 aromatic heterocycles. The first-order valence-electron chi connectivity index (χ1n) is 5.77. The molecule has 0 aliphatic rings. The molecule has 18 heavy (non-hydrogen) atoms. The fourth-order valence-electron chi connectivity index (χ4n) is 1.71. The molecule has 0 unspecified atom stereocenters. The minimum Gasteiger partial charge on any atom is -0.492 e. The molecular formula is C15H14N2O. The van der Waals surface area contributed by atoms with Crippen molar-refractivity contribution >= 4 is 0 Å². The molecule has 0 heterocycles. The van der Waals surface area contributed by atoms with Crippen molar-refractivity contribution in [3.8, 4) is 22.9 Å². The van der Waals surface area contributed by atoms with Gasteiger partial charge in [0, 0.05) is 6.54 Å². The number of rotatable bonds is 4. The lowest BCUT2D eigenvalue weighted by molar-refractivity contribution is 0.328. The normalized spacial score (nSPS) is 9.78. The number of nitriles is 1. The molecule has 3 nitrogen and oxygen atoms in total. The van der Waals surface area contributed by atoms with Crippen molar-refractivity contribution in [3.63, 3.8) is 0 Å². The van der Waals surface area contributed by atoms with Gasteiger partial charge in [-0.2, -0.15) is 5.26 Å². The maximum absolute atomic E-state index is 8.89. The highest BCUT2D eigenvalue weighted by molar-refractivity contribution is 5.66. The molecule has 0 aliphatic carbocycles. The monoisotopic (exact) mass is 238 g/mol. The molecule has 3 heteroatoms. The van der Waals surface area contributed by atoms with Crippen LogP contribution in [0.25, 0.3) is 11.1 Å². The molecular weight excluding hydrogens is 224 g/mol. The maximum Gasteiger partial charge on any atom is 0.119 e. The fraction of sp³-hybridized carbons (Fsp3) is 0.133. The van der Waals surface area contributed by atoms with Gasteiger partial charge in [0.15, 0.2) is 0 Å². The molecule has 90 valence electrons. The third-order valence-corrected chi connectivity index (χ3v) is 2.55. The van der Waals surface area contributed by atoms with E-state index >= 15 is 0 Å². The van der Waals surface area contributed by atoms with Crippen LogP contribution in [0.4, 0.5) is 0 Å². The minimum absolute atomic E-state index is 0.494. The Morgan fingerprint density at radius 2 is 1.78 bits per heavy atom. The number of hydrogen-bond donors (Lipinski definition) is 1. The topological polar surface area (TPSA) is 59.0 Å². The SMILES string of the molecule is N#Cc1cccc(-c2cccc(OCCN)c2)c1. The van der Waals surface area contributed by atoms with Crippen LogP contribution in [0.5, 0.6) is 5.75 Å². The average Bonchev–Trinajstić information content (AvgIpc) is 2.45. The van der Waals surface area contributed by atoms with Gasteiger partial charge in [0.1, 0.15) is 12.4 Å². The van der Waals surface area contributed by atoms with E-state index in [0.717, 1.165) is 16.9 Å². The van der Waals surface area contributed by atoms with Crippen LogP contribution in [0.2, 0.25) is 0 Å². The van der Waals surface area contributed by atoms with Crippen LogP contribution in [0.15, 0.2) is 48.5 Å². The van der Waals surface area contributed by atoms with E-state index in [1.165, 1.54) is 0 Å². The van der Waals surface area contributed by atoms with Gasteiger partial charge < -0.3 is 10.5 Å². The summed E-state index contributed by atoms with van der Waals surface area (Å²) in [5.41, 5.74) is 8.09. The Balaban J connectivity index is 2.29. The van der Waals surface area contributed by atoms with Crippen LogP contribution in [0.1, 0.15) is 5.56 Å². The van der Waals surface area contributed by atoms with Crippen molar-refractivity contribution in [2.24, 2.45) is 5.73 Å². The van der Waals surface area contributed by atoms with E-state index in [-0.39, 0.29) is 0 Å². The van der Waals surface area contributed by atoms with E-state index in [1.54, 1.807) is 6.07 Å². The van der Waals surface area contributed by atoms with Crippen molar-refractivity contribution in [1.29, 1.82) is 5.26 Å². The van der Waals surface area contributed by atoms with Crippen LogP contribution in [0, 0.1) is 11.3 Å². The van der Waals surface area contributed by atoms with Gasteiger partial charge in [0.2, 0.25) is 0 Å². The van der Waals surface area contributed by atoms with Crippen molar-refractivity contribution in [2.45, 2.75) is 0 Å². The number of nitrogens with zero attached hydrogens (tertiary/aromatic N) is 1. The summed E-state index contributed by atoms with van der Waals surface area (Å²) in [5, 5.41) is 8.89. The van der Waals surface area contributed by atoms with Crippen molar-refractivity contribution < 1.29 is 4.74 Å². The van der Waals surface area contributed by atoms with E-state index in [1.807, 2.05) is 42.5 Å². The molecule has 0 atom stereocenters. The first-order valence-corrected chi connectivity index (χ1v) is 5.77.